The number of amides is 1. The standard InChI is InChI=1S/C15H17NO2/c1-11-10-18-12(2)14(11)15(17)16(3)9-13-7-5-4-6-8-13/h4-8,10H,9H2,1-3H3. The van der Waals surface area contributed by atoms with Crippen LogP contribution in [0.4, 0.5) is 0 Å². The molecule has 1 heterocycles. The Hall–Kier alpha value is -2.03. The van der Waals surface area contributed by atoms with Crippen molar-refractivity contribution >= 4 is 5.91 Å². The molecule has 1 amide bonds. The Balaban J connectivity index is 2.15. The first kappa shape index (κ1) is 12.4. The van der Waals surface area contributed by atoms with E-state index in [9.17, 15) is 4.79 Å². The zero-order valence-electron chi connectivity index (χ0n) is 10.9. The van der Waals surface area contributed by atoms with E-state index in [2.05, 4.69) is 0 Å². The third-order valence-electron chi connectivity index (χ3n) is 2.98. The van der Waals surface area contributed by atoms with Crippen LogP contribution in [0.25, 0.3) is 0 Å². The van der Waals surface area contributed by atoms with Gasteiger partial charge in [0.15, 0.2) is 0 Å². The number of carbonyl (C=O) groups excluding carboxylic acids is 1. The monoisotopic (exact) mass is 243 g/mol. The molecule has 18 heavy (non-hydrogen) atoms. The number of hydrogen-bond acceptors (Lipinski definition) is 2. The van der Waals surface area contributed by atoms with E-state index in [1.165, 1.54) is 0 Å². The van der Waals surface area contributed by atoms with Gasteiger partial charge in [-0.3, -0.25) is 4.79 Å². The lowest BCUT2D eigenvalue weighted by Gasteiger charge is -2.17. The number of benzene rings is 1. The molecule has 1 aromatic heterocycles. The van der Waals surface area contributed by atoms with Gasteiger partial charge in [0.25, 0.3) is 5.91 Å². The van der Waals surface area contributed by atoms with Gasteiger partial charge in [0.05, 0.1) is 11.8 Å². The summed E-state index contributed by atoms with van der Waals surface area (Å²) < 4.78 is 5.27. The molecule has 0 unspecified atom stereocenters. The van der Waals surface area contributed by atoms with Crippen molar-refractivity contribution in [2.75, 3.05) is 7.05 Å². The highest BCUT2D eigenvalue weighted by Gasteiger charge is 2.19. The van der Waals surface area contributed by atoms with Crippen molar-refractivity contribution in [2.24, 2.45) is 0 Å². The summed E-state index contributed by atoms with van der Waals surface area (Å²) in [6, 6.07) is 9.94. The third-order valence-corrected chi connectivity index (χ3v) is 2.98. The number of nitrogens with zero attached hydrogens (tertiary/aromatic N) is 1. The van der Waals surface area contributed by atoms with Gasteiger partial charge in [-0.15, -0.1) is 0 Å². The topological polar surface area (TPSA) is 33.5 Å². The van der Waals surface area contributed by atoms with Crippen LogP contribution in [0.5, 0.6) is 0 Å². The summed E-state index contributed by atoms with van der Waals surface area (Å²) in [6.07, 6.45) is 1.62. The second-order valence-corrected chi connectivity index (χ2v) is 4.50. The Morgan fingerprint density at radius 1 is 1.22 bits per heavy atom. The molecule has 2 aromatic rings. The predicted octanol–water partition coefficient (Wildman–Crippen LogP) is 3.17. The molecule has 0 saturated heterocycles. The molecule has 0 aliphatic heterocycles. The summed E-state index contributed by atoms with van der Waals surface area (Å²) in [5.74, 6) is 0.681. The molecule has 0 N–H and O–H groups in total. The fourth-order valence-corrected chi connectivity index (χ4v) is 2.01. The summed E-state index contributed by atoms with van der Waals surface area (Å²) in [6.45, 7) is 4.31. The van der Waals surface area contributed by atoms with Crippen molar-refractivity contribution < 1.29 is 9.21 Å². The highest BCUT2D eigenvalue weighted by Crippen LogP contribution is 2.18. The first-order valence-corrected chi connectivity index (χ1v) is 5.93. The lowest BCUT2D eigenvalue weighted by molar-refractivity contribution is 0.0782. The second kappa shape index (κ2) is 5.08. The molecule has 0 radical (unpaired) electrons. The van der Waals surface area contributed by atoms with Crippen molar-refractivity contribution in [3.05, 3.63) is 59.0 Å². The summed E-state index contributed by atoms with van der Waals surface area (Å²) in [5.41, 5.74) is 2.68. The van der Waals surface area contributed by atoms with Crippen molar-refractivity contribution in [1.82, 2.24) is 4.90 Å². The molecule has 0 bridgehead atoms. The van der Waals surface area contributed by atoms with E-state index in [4.69, 9.17) is 4.42 Å². The van der Waals surface area contributed by atoms with Crippen molar-refractivity contribution in [3.8, 4) is 0 Å². The fourth-order valence-electron chi connectivity index (χ4n) is 2.01. The minimum atomic E-state index is 0.00241. The summed E-state index contributed by atoms with van der Waals surface area (Å²) in [5, 5.41) is 0. The Kier molecular flexibility index (Phi) is 3.51. The third kappa shape index (κ3) is 2.45. The smallest absolute Gasteiger partial charge is 0.257 e. The predicted molar refractivity (Wildman–Crippen MR) is 70.4 cm³/mol. The van der Waals surface area contributed by atoms with Crippen LogP contribution in [0.1, 0.15) is 27.2 Å². The average Bonchev–Trinajstić information content (AvgIpc) is 2.69. The van der Waals surface area contributed by atoms with Crippen molar-refractivity contribution in [1.29, 1.82) is 0 Å². The summed E-state index contributed by atoms with van der Waals surface area (Å²) in [7, 11) is 1.81. The minimum Gasteiger partial charge on any atom is -0.469 e. The number of hydrogen-bond donors (Lipinski definition) is 0. The molecule has 3 heteroatoms. The molecule has 0 aliphatic rings. The molecule has 0 spiro atoms. The van der Waals surface area contributed by atoms with Gasteiger partial charge in [-0.2, -0.15) is 0 Å². The lowest BCUT2D eigenvalue weighted by Crippen LogP contribution is -2.26. The van der Waals surface area contributed by atoms with E-state index in [0.29, 0.717) is 17.9 Å². The van der Waals surface area contributed by atoms with Crippen molar-refractivity contribution in [3.63, 3.8) is 0 Å². The van der Waals surface area contributed by atoms with Crippen LogP contribution in [0.3, 0.4) is 0 Å². The van der Waals surface area contributed by atoms with Gasteiger partial charge in [-0.25, -0.2) is 0 Å². The van der Waals surface area contributed by atoms with E-state index in [1.807, 2.05) is 44.2 Å². The van der Waals surface area contributed by atoms with Gasteiger partial charge in [0.2, 0.25) is 0 Å². The number of carbonyl (C=O) groups is 1. The maximum atomic E-state index is 12.3. The van der Waals surface area contributed by atoms with Crippen LogP contribution in [0.15, 0.2) is 41.0 Å². The Bertz CT molecular complexity index is 523. The number of rotatable bonds is 3. The molecule has 94 valence electrons. The van der Waals surface area contributed by atoms with Gasteiger partial charge >= 0.3 is 0 Å². The van der Waals surface area contributed by atoms with Gasteiger partial charge in [-0.1, -0.05) is 30.3 Å². The number of furan rings is 1. The van der Waals surface area contributed by atoms with E-state index in [0.717, 1.165) is 11.1 Å². The molecular formula is C15H17NO2. The molecule has 0 saturated carbocycles. The van der Waals surface area contributed by atoms with Crippen molar-refractivity contribution in [2.45, 2.75) is 20.4 Å². The average molecular weight is 243 g/mol. The van der Waals surface area contributed by atoms with E-state index >= 15 is 0 Å². The Morgan fingerprint density at radius 2 is 1.89 bits per heavy atom. The second-order valence-electron chi connectivity index (χ2n) is 4.50. The van der Waals surface area contributed by atoms with Gasteiger partial charge in [0, 0.05) is 19.2 Å². The molecule has 0 atom stereocenters. The van der Waals surface area contributed by atoms with Gasteiger partial charge in [0.1, 0.15) is 5.76 Å². The normalized spacial score (nSPS) is 10.4. The molecule has 3 nitrogen and oxygen atoms in total. The molecule has 1 aromatic carbocycles. The number of aryl methyl sites for hydroxylation is 2. The van der Waals surface area contributed by atoms with Crippen LogP contribution in [-0.2, 0) is 6.54 Å². The fraction of sp³-hybridized carbons (Fsp3) is 0.267. The molecule has 0 aliphatic carbocycles. The largest absolute Gasteiger partial charge is 0.469 e. The molecule has 0 fully saturated rings. The Morgan fingerprint density at radius 3 is 2.44 bits per heavy atom. The SMILES string of the molecule is Cc1coc(C)c1C(=O)N(C)Cc1ccccc1. The zero-order chi connectivity index (χ0) is 13.1. The quantitative estimate of drug-likeness (QED) is 0.829. The molecular weight excluding hydrogens is 226 g/mol. The lowest BCUT2D eigenvalue weighted by atomic mass is 10.1. The van der Waals surface area contributed by atoms with E-state index in [-0.39, 0.29) is 5.91 Å². The Labute approximate surface area is 107 Å². The van der Waals surface area contributed by atoms with Crippen LogP contribution < -0.4 is 0 Å². The maximum absolute atomic E-state index is 12.3. The van der Waals surface area contributed by atoms with E-state index in [1.54, 1.807) is 18.2 Å². The van der Waals surface area contributed by atoms with Gasteiger partial charge < -0.3 is 9.32 Å². The first-order valence-electron chi connectivity index (χ1n) is 5.93. The van der Waals surface area contributed by atoms with Crippen LogP contribution in [-0.4, -0.2) is 17.9 Å². The van der Waals surface area contributed by atoms with Crippen LogP contribution in [0.2, 0.25) is 0 Å². The van der Waals surface area contributed by atoms with E-state index < -0.39 is 0 Å². The van der Waals surface area contributed by atoms with Gasteiger partial charge in [-0.05, 0) is 19.4 Å². The summed E-state index contributed by atoms with van der Waals surface area (Å²) >= 11 is 0. The van der Waals surface area contributed by atoms with Crippen LogP contribution >= 0.6 is 0 Å². The first-order chi connectivity index (χ1) is 8.59. The highest BCUT2D eigenvalue weighted by molar-refractivity contribution is 5.96. The highest BCUT2D eigenvalue weighted by atomic mass is 16.3. The minimum absolute atomic E-state index is 0.00241. The zero-order valence-corrected chi connectivity index (χ0v) is 10.9. The summed E-state index contributed by atoms with van der Waals surface area (Å²) in [4.78, 5) is 14.0. The maximum Gasteiger partial charge on any atom is 0.257 e. The van der Waals surface area contributed by atoms with Crippen LogP contribution in [0, 0.1) is 13.8 Å². The molecule has 2 rings (SSSR count).